The average Bonchev–Trinajstić information content (AvgIpc) is 2.82. The molecule has 2 rings (SSSR count). The molecule has 0 radical (unpaired) electrons. The highest BCUT2D eigenvalue weighted by Gasteiger charge is 2.01. The summed E-state index contributed by atoms with van der Waals surface area (Å²) in [7, 11) is 1.62. The first-order valence-electron chi connectivity index (χ1n) is 5.73. The van der Waals surface area contributed by atoms with Crippen molar-refractivity contribution in [2.24, 2.45) is 0 Å². The molecule has 0 atom stereocenters. The minimum absolute atomic E-state index is 0.190. The van der Waals surface area contributed by atoms with Gasteiger partial charge in [-0.05, 0) is 30.7 Å². The van der Waals surface area contributed by atoms with E-state index in [4.69, 9.17) is 4.74 Å². The van der Waals surface area contributed by atoms with E-state index in [-0.39, 0.29) is 5.91 Å². The summed E-state index contributed by atoms with van der Waals surface area (Å²) < 4.78 is 5.07. The van der Waals surface area contributed by atoms with Crippen LogP contribution in [-0.2, 0) is 4.79 Å². The predicted molar refractivity (Wildman–Crippen MR) is 77.5 cm³/mol. The quantitative estimate of drug-likeness (QED) is 0.871. The van der Waals surface area contributed by atoms with Crippen LogP contribution in [0.1, 0.15) is 10.4 Å². The third-order valence-corrected chi connectivity index (χ3v) is 3.22. The molecule has 1 amide bonds. The molecule has 0 bridgehead atoms. The Morgan fingerprint density at radius 1 is 1.37 bits per heavy atom. The van der Waals surface area contributed by atoms with Gasteiger partial charge >= 0.3 is 0 Å². The molecule has 0 saturated heterocycles. The smallest absolute Gasteiger partial charge is 0.250 e. The summed E-state index contributed by atoms with van der Waals surface area (Å²) in [6.45, 7) is 1.94. The molecule has 0 spiro atoms. The number of aryl methyl sites for hydroxylation is 1. The second-order valence-electron chi connectivity index (χ2n) is 3.87. The maximum Gasteiger partial charge on any atom is 0.250 e. The van der Waals surface area contributed by atoms with Gasteiger partial charge in [0.2, 0.25) is 5.91 Å². The molecule has 1 aromatic carbocycles. The Morgan fingerprint density at radius 3 is 2.68 bits per heavy atom. The summed E-state index contributed by atoms with van der Waals surface area (Å²) >= 11 is 1.45. The van der Waals surface area contributed by atoms with E-state index >= 15 is 0 Å². The highest BCUT2D eigenvalue weighted by Crippen LogP contribution is 2.16. The standard InChI is InChI=1S/C14H14N2O2S/c1-10-9-15-14(19-10)16-13(17)8-5-11-3-6-12(18-2)7-4-11/h3-9H,1-2H3,(H,15,16,17). The maximum absolute atomic E-state index is 11.7. The first kappa shape index (κ1) is 13.3. The molecule has 0 fully saturated rings. The minimum Gasteiger partial charge on any atom is -0.497 e. The van der Waals surface area contributed by atoms with Crippen LogP contribution in [-0.4, -0.2) is 18.0 Å². The number of anilines is 1. The largest absolute Gasteiger partial charge is 0.497 e. The van der Waals surface area contributed by atoms with Gasteiger partial charge in [0.05, 0.1) is 7.11 Å². The summed E-state index contributed by atoms with van der Waals surface area (Å²) in [5.74, 6) is 0.602. The molecule has 2 aromatic rings. The van der Waals surface area contributed by atoms with Gasteiger partial charge in [-0.1, -0.05) is 12.1 Å². The number of carbonyl (C=O) groups excluding carboxylic acids is 1. The van der Waals surface area contributed by atoms with Crippen LogP contribution in [0.15, 0.2) is 36.5 Å². The molecule has 0 saturated carbocycles. The average molecular weight is 274 g/mol. The molecule has 19 heavy (non-hydrogen) atoms. The van der Waals surface area contributed by atoms with Crippen molar-refractivity contribution in [1.82, 2.24) is 4.98 Å². The molecular weight excluding hydrogens is 260 g/mol. The number of benzene rings is 1. The van der Waals surface area contributed by atoms with E-state index in [1.807, 2.05) is 31.2 Å². The van der Waals surface area contributed by atoms with Gasteiger partial charge in [-0.2, -0.15) is 0 Å². The molecule has 0 unspecified atom stereocenters. The number of amides is 1. The monoisotopic (exact) mass is 274 g/mol. The van der Waals surface area contributed by atoms with Crippen LogP contribution in [0.25, 0.3) is 6.08 Å². The zero-order chi connectivity index (χ0) is 13.7. The second-order valence-corrected chi connectivity index (χ2v) is 5.11. The maximum atomic E-state index is 11.7. The van der Waals surface area contributed by atoms with Gasteiger partial charge in [-0.15, -0.1) is 11.3 Å². The van der Waals surface area contributed by atoms with Crippen LogP contribution in [0.2, 0.25) is 0 Å². The van der Waals surface area contributed by atoms with Crippen LogP contribution < -0.4 is 10.1 Å². The summed E-state index contributed by atoms with van der Waals surface area (Å²) in [4.78, 5) is 16.8. The number of methoxy groups -OCH3 is 1. The number of carbonyl (C=O) groups is 1. The van der Waals surface area contributed by atoms with Gasteiger partial charge < -0.3 is 4.74 Å². The molecular formula is C14H14N2O2S. The Hall–Kier alpha value is -2.14. The van der Waals surface area contributed by atoms with Gasteiger partial charge in [0.25, 0.3) is 0 Å². The molecule has 4 nitrogen and oxygen atoms in total. The fourth-order valence-electron chi connectivity index (χ4n) is 1.45. The molecule has 1 N–H and O–H groups in total. The second kappa shape index (κ2) is 6.15. The number of thiazole rings is 1. The fraction of sp³-hybridized carbons (Fsp3) is 0.143. The van der Waals surface area contributed by atoms with Crippen molar-refractivity contribution >= 4 is 28.5 Å². The first-order chi connectivity index (χ1) is 9.17. The van der Waals surface area contributed by atoms with Gasteiger partial charge in [-0.3, -0.25) is 10.1 Å². The van der Waals surface area contributed by atoms with E-state index in [9.17, 15) is 4.79 Å². The van der Waals surface area contributed by atoms with Crippen molar-refractivity contribution in [2.45, 2.75) is 6.92 Å². The lowest BCUT2D eigenvalue weighted by Gasteiger charge is -1.99. The number of nitrogens with one attached hydrogen (secondary N) is 1. The number of rotatable bonds is 4. The Balaban J connectivity index is 1.95. The summed E-state index contributed by atoms with van der Waals surface area (Å²) in [5.41, 5.74) is 0.936. The van der Waals surface area contributed by atoms with Crippen molar-refractivity contribution < 1.29 is 9.53 Å². The van der Waals surface area contributed by atoms with Gasteiger partial charge in [0.1, 0.15) is 5.75 Å². The highest BCUT2D eigenvalue weighted by molar-refractivity contribution is 7.15. The Bertz CT molecular complexity index is 588. The SMILES string of the molecule is COc1ccc(C=CC(=O)Nc2ncc(C)s2)cc1. The molecule has 0 aliphatic rings. The van der Waals surface area contributed by atoms with Crippen molar-refractivity contribution in [3.63, 3.8) is 0 Å². The van der Waals surface area contributed by atoms with E-state index < -0.39 is 0 Å². The number of ether oxygens (including phenoxy) is 1. The van der Waals surface area contributed by atoms with Crippen LogP contribution in [0.5, 0.6) is 5.75 Å². The highest BCUT2D eigenvalue weighted by atomic mass is 32.1. The summed E-state index contributed by atoms with van der Waals surface area (Å²) in [6, 6.07) is 7.47. The lowest BCUT2D eigenvalue weighted by atomic mass is 10.2. The van der Waals surface area contributed by atoms with E-state index in [0.29, 0.717) is 5.13 Å². The van der Waals surface area contributed by atoms with E-state index in [1.54, 1.807) is 19.4 Å². The van der Waals surface area contributed by atoms with Crippen LogP contribution in [0.3, 0.4) is 0 Å². The first-order valence-corrected chi connectivity index (χ1v) is 6.54. The lowest BCUT2D eigenvalue weighted by Crippen LogP contribution is -2.06. The zero-order valence-corrected chi connectivity index (χ0v) is 11.5. The number of hydrogen-bond acceptors (Lipinski definition) is 4. The minimum atomic E-state index is -0.190. The molecule has 0 aliphatic carbocycles. The molecule has 5 heteroatoms. The lowest BCUT2D eigenvalue weighted by molar-refractivity contribution is -0.111. The third-order valence-electron chi connectivity index (χ3n) is 2.39. The van der Waals surface area contributed by atoms with Gasteiger partial charge in [0, 0.05) is 17.2 Å². The number of hydrogen-bond donors (Lipinski definition) is 1. The summed E-state index contributed by atoms with van der Waals surface area (Å²) in [5, 5.41) is 3.33. The van der Waals surface area contributed by atoms with E-state index in [0.717, 1.165) is 16.2 Å². The van der Waals surface area contributed by atoms with Crippen molar-refractivity contribution in [2.75, 3.05) is 12.4 Å². The van der Waals surface area contributed by atoms with Crippen molar-refractivity contribution in [3.05, 3.63) is 47.0 Å². The normalized spacial score (nSPS) is 10.6. The van der Waals surface area contributed by atoms with Crippen molar-refractivity contribution in [1.29, 1.82) is 0 Å². The van der Waals surface area contributed by atoms with E-state index in [1.165, 1.54) is 17.4 Å². The number of nitrogens with zero attached hydrogens (tertiary/aromatic N) is 1. The molecule has 0 aliphatic heterocycles. The van der Waals surface area contributed by atoms with E-state index in [2.05, 4.69) is 10.3 Å². The number of aromatic nitrogens is 1. The van der Waals surface area contributed by atoms with Crippen molar-refractivity contribution in [3.8, 4) is 5.75 Å². The van der Waals surface area contributed by atoms with Gasteiger partial charge in [-0.25, -0.2) is 4.98 Å². The van der Waals surface area contributed by atoms with Crippen LogP contribution >= 0.6 is 11.3 Å². The fourth-order valence-corrected chi connectivity index (χ4v) is 2.11. The Morgan fingerprint density at radius 2 is 2.11 bits per heavy atom. The Kier molecular flexibility index (Phi) is 4.30. The molecule has 1 aromatic heterocycles. The predicted octanol–water partition coefficient (Wildman–Crippen LogP) is 3.11. The third kappa shape index (κ3) is 3.93. The summed E-state index contributed by atoms with van der Waals surface area (Å²) in [6.07, 6.45) is 4.96. The molecule has 1 heterocycles. The van der Waals surface area contributed by atoms with Crippen LogP contribution in [0.4, 0.5) is 5.13 Å². The Labute approximate surface area is 115 Å². The topological polar surface area (TPSA) is 51.2 Å². The van der Waals surface area contributed by atoms with Gasteiger partial charge in [0.15, 0.2) is 5.13 Å². The zero-order valence-electron chi connectivity index (χ0n) is 10.7. The van der Waals surface area contributed by atoms with Crippen LogP contribution in [0, 0.1) is 6.92 Å². The molecule has 98 valence electrons.